The molecule has 0 spiro atoms. The third-order valence-corrected chi connectivity index (χ3v) is 5.06. The van der Waals surface area contributed by atoms with Gasteiger partial charge in [-0.15, -0.1) is 0 Å². The van der Waals surface area contributed by atoms with E-state index in [1.165, 1.54) is 12.8 Å². The van der Waals surface area contributed by atoms with Crippen molar-refractivity contribution >= 4 is 10.0 Å². The highest BCUT2D eigenvalue weighted by Crippen LogP contribution is 2.27. The molecular formula is C14H23N3O2S. The fourth-order valence-corrected chi connectivity index (χ4v) is 3.42. The maximum atomic E-state index is 11.2. The van der Waals surface area contributed by atoms with Crippen LogP contribution in [-0.2, 0) is 10.0 Å². The molecule has 0 bridgehead atoms. The zero-order valence-electron chi connectivity index (χ0n) is 11.7. The Hall–Kier alpha value is -0.950. The molecule has 0 aliphatic heterocycles. The van der Waals surface area contributed by atoms with Gasteiger partial charge in [0.15, 0.2) is 0 Å². The molecule has 112 valence electrons. The average molecular weight is 297 g/mol. The van der Waals surface area contributed by atoms with Crippen molar-refractivity contribution in [2.24, 2.45) is 16.8 Å². The number of nitrogens with two attached hydrogens (primary N) is 2. The highest BCUT2D eigenvalue weighted by atomic mass is 32.2. The number of rotatable bonds is 5. The summed E-state index contributed by atoms with van der Waals surface area (Å²) in [5.41, 5.74) is 6.84. The quantitative estimate of drug-likeness (QED) is 0.758. The molecule has 0 radical (unpaired) electrons. The van der Waals surface area contributed by atoms with E-state index in [0.29, 0.717) is 12.0 Å². The molecule has 0 saturated heterocycles. The topological polar surface area (TPSA) is 98.2 Å². The van der Waals surface area contributed by atoms with Crippen LogP contribution in [0.1, 0.15) is 37.8 Å². The predicted molar refractivity (Wildman–Crippen MR) is 79.5 cm³/mol. The Balaban J connectivity index is 2.04. The highest BCUT2D eigenvalue weighted by molar-refractivity contribution is 7.89. The second-order valence-corrected chi connectivity index (χ2v) is 7.10. The third-order valence-electron chi connectivity index (χ3n) is 4.13. The Morgan fingerprint density at radius 2 is 1.95 bits per heavy atom. The molecule has 0 aromatic heterocycles. The summed E-state index contributed by atoms with van der Waals surface area (Å²) in [5.74, 6) is 0.543. The average Bonchev–Trinajstić information content (AvgIpc) is 2.85. The van der Waals surface area contributed by atoms with Gasteiger partial charge in [0.1, 0.15) is 0 Å². The minimum Gasteiger partial charge on any atom is -0.330 e. The van der Waals surface area contributed by atoms with Crippen LogP contribution in [-0.4, -0.2) is 21.0 Å². The summed E-state index contributed by atoms with van der Waals surface area (Å²) in [7, 11) is -3.62. The molecule has 1 aromatic carbocycles. The molecular weight excluding hydrogens is 274 g/mol. The summed E-state index contributed by atoms with van der Waals surface area (Å²) in [5, 5.41) is 8.69. The van der Waals surface area contributed by atoms with E-state index in [1.54, 1.807) is 12.1 Å². The van der Waals surface area contributed by atoms with E-state index < -0.39 is 10.0 Å². The monoisotopic (exact) mass is 297 g/mol. The molecule has 0 amide bonds. The Bertz CT molecular complexity index is 542. The van der Waals surface area contributed by atoms with Crippen LogP contribution in [0.4, 0.5) is 0 Å². The van der Waals surface area contributed by atoms with Crippen LogP contribution in [0.25, 0.3) is 0 Å². The standard InChI is InChI=1S/C14H23N3O2S/c1-10(17-14-4-2-3-12(14)9-15)11-5-7-13(8-6-11)20(16,18)19/h5-8,10,12,14,17H,2-4,9,15H2,1H3,(H2,16,18,19). The molecule has 20 heavy (non-hydrogen) atoms. The minimum atomic E-state index is -3.62. The van der Waals surface area contributed by atoms with Crippen molar-refractivity contribution < 1.29 is 8.42 Å². The molecule has 1 saturated carbocycles. The molecule has 5 nitrogen and oxygen atoms in total. The Labute approximate surface area is 120 Å². The van der Waals surface area contributed by atoms with Crippen LogP contribution < -0.4 is 16.2 Å². The summed E-state index contributed by atoms with van der Waals surface area (Å²) in [6.07, 6.45) is 3.56. The summed E-state index contributed by atoms with van der Waals surface area (Å²) >= 11 is 0. The molecule has 0 heterocycles. The van der Waals surface area contributed by atoms with Crippen LogP contribution in [0, 0.1) is 5.92 Å². The van der Waals surface area contributed by atoms with E-state index in [0.717, 1.165) is 18.5 Å². The second-order valence-electron chi connectivity index (χ2n) is 5.54. The van der Waals surface area contributed by atoms with Gasteiger partial charge in [-0.05, 0) is 49.9 Å². The number of hydrogen-bond donors (Lipinski definition) is 3. The Kier molecular flexibility index (Phi) is 4.80. The van der Waals surface area contributed by atoms with Gasteiger partial charge in [0.25, 0.3) is 0 Å². The first-order valence-corrected chi connectivity index (χ1v) is 8.55. The Morgan fingerprint density at radius 1 is 1.30 bits per heavy atom. The summed E-state index contributed by atoms with van der Waals surface area (Å²) in [4.78, 5) is 0.147. The van der Waals surface area contributed by atoms with E-state index in [4.69, 9.17) is 10.9 Å². The maximum Gasteiger partial charge on any atom is 0.238 e. The Morgan fingerprint density at radius 3 is 2.50 bits per heavy atom. The smallest absolute Gasteiger partial charge is 0.238 e. The van der Waals surface area contributed by atoms with Crippen LogP contribution >= 0.6 is 0 Å². The lowest BCUT2D eigenvalue weighted by atomic mass is 10.0. The molecule has 2 rings (SSSR count). The zero-order valence-corrected chi connectivity index (χ0v) is 12.6. The fraction of sp³-hybridized carbons (Fsp3) is 0.571. The molecule has 1 aliphatic rings. The van der Waals surface area contributed by atoms with Crippen molar-refractivity contribution in [1.82, 2.24) is 5.32 Å². The predicted octanol–water partition coefficient (Wildman–Crippen LogP) is 1.11. The van der Waals surface area contributed by atoms with Crippen LogP contribution in [0.5, 0.6) is 0 Å². The normalized spacial score (nSPS) is 24.8. The molecule has 5 N–H and O–H groups in total. The van der Waals surface area contributed by atoms with E-state index in [9.17, 15) is 8.42 Å². The summed E-state index contributed by atoms with van der Waals surface area (Å²) < 4.78 is 22.4. The number of sulfonamides is 1. The van der Waals surface area contributed by atoms with Gasteiger partial charge in [0, 0.05) is 12.1 Å². The molecule has 6 heteroatoms. The summed E-state index contributed by atoms with van der Waals surface area (Å²) in [6, 6.07) is 7.35. The molecule has 1 aliphatic carbocycles. The first kappa shape index (κ1) is 15.4. The van der Waals surface area contributed by atoms with E-state index in [2.05, 4.69) is 12.2 Å². The number of benzene rings is 1. The van der Waals surface area contributed by atoms with Crippen molar-refractivity contribution in [2.45, 2.75) is 43.2 Å². The van der Waals surface area contributed by atoms with Crippen molar-refractivity contribution in [2.75, 3.05) is 6.54 Å². The van der Waals surface area contributed by atoms with Gasteiger partial charge in [-0.25, -0.2) is 13.6 Å². The van der Waals surface area contributed by atoms with Gasteiger partial charge >= 0.3 is 0 Å². The lowest BCUT2D eigenvalue weighted by Crippen LogP contribution is -2.37. The number of primary sulfonamides is 1. The maximum absolute atomic E-state index is 11.2. The van der Waals surface area contributed by atoms with E-state index >= 15 is 0 Å². The highest BCUT2D eigenvalue weighted by Gasteiger charge is 2.27. The zero-order chi connectivity index (χ0) is 14.8. The SMILES string of the molecule is CC(NC1CCCC1CN)c1ccc(S(N)(=O)=O)cc1. The van der Waals surface area contributed by atoms with Crippen molar-refractivity contribution in [1.29, 1.82) is 0 Å². The van der Waals surface area contributed by atoms with Crippen LogP contribution in [0.2, 0.25) is 0 Å². The molecule has 3 atom stereocenters. The molecule has 1 aromatic rings. The van der Waals surface area contributed by atoms with E-state index in [1.807, 2.05) is 12.1 Å². The van der Waals surface area contributed by atoms with Gasteiger partial charge in [-0.2, -0.15) is 0 Å². The lowest BCUT2D eigenvalue weighted by molar-refractivity contribution is 0.373. The number of nitrogens with one attached hydrogen (secondary N) is 1. The lowest BCUT2D eigenvalue weighted by Gasteiger charge is -2.24. The van der Waals surface area contributed by atoms with Crippen molar-refractivity contribution in [3.63, 3.8) is 0 Å². The van der Waals surface area contributed by atoms with Crippen molar-refractivity contribution in [3.8, 4) is 0 Å². The fourth-order valence-electron chi connectivity index (χ4n) is 2.90. The van der Waals surface area contributed by atoms with Gasteiger partial charge in [0.05, 0.1) is 4.90 Å². The third kappa shape index (κ3) is 3.58. The van der Waals surface area contributed by atoms with Crippen LogP contribution in [0.3, 0.4) is 0 Å². The van der Waals surface area contributed by atoms with Gasteiger partial charge in [-0.1, -0.05) is 18.6 Å². The first-order chi connectivity index (χ1) is 9.41. The van der Waals surface area contributed by atoms with Gasteiger partial charge in [0.2, 0.25) is 10.0 Å². The van der Waals surface area contributed by atoms with Crippen LogP contribution in [0.15, 0.2) is 29.2 Å². The second kappa shape index (κ2) is 6.22. The largest absolute Gasteiger partial charge is 0.330 e. The summed E-state index contributed by atoms with van der Waals surface area (Å²) in [6.45, 7) is 2.80. The van der Waals surface area contributed by atoms with E-state index in [-0.39, 0.29) is 10.9 Å². The minimum absolute atomic E-state index is 0.147. The molecule has 1 fully saturated rings. The molecule has 3 unspecified atom stereocenters. The first-order valence-electron chi connectivity index (χ1n) is 7.00. The van der Waals surface area contributed by atoms with Gasteiger partial charge < -0.3 is 11.1 Å². The number of hydrogen-bond acceptors (Lipinski definition) is 4. The van der Waals surface area contributed by atoms with Gasteiger partial charge in [-0.3, -0.25) is 0 Å². The van der Waals surface area contributed by atoms with Crippen molar-refractivity contribution in [3.05, 3.63) is 29.8 Å².